The Kier molecular flexibility index (Phi) is 6.83. The number of hydrogen-bond donors (Lipinski definition) is 1. The Labute approximate surface area is 118 Å². The fourth-order valence-corrected chi connectivity index (χ4v) is 1.85. The number of Topliss-reactive ketones (excluding diaryl/α,β-unsaturated/α-hetero) is 1. The van der Waals surface area contributed by atoms with E-state index in [1.54, 1.807) is 0 Å². The Balaban J connectivity index is 2.43. The highest BCUT2D eigenvalue weighted by atomic mass is 16.6. The highest BCUT2D eigenvalue weighted by molar-refractivity contribution is 5.97. The molecule has 0 aliphatic heterocycles. The van der Waals surface area contributed by atoms with E-state index in [-0.39, 0.29) is 24.6 Å². The minimum atomic E-state index is -0.485. The molecular weight excluding hydrogens is 260 g/mol. The van der Waals surface area contributed by atoms with Crippen molar-refractivity contribution in [3.63, 3.8) is 0 Å². The van der Waals surface area contributed by atoms with Crippen LogP contribution in [0.3, 0.4) is 0 Å². The number of benzene rings is 1. The van der Waals surface area contributed by atoms with Crippen molar-refractivity contribution in [1.29, 1.82) is 0 Å². The summed E-state index contributed by atoms with van der Waals surface area (Å²) in [6.07, 6.45) is 2.65. The maximum atomic E-state index is 12.0. The van der Waals surface area contributed by atoms with Crippen molar-refractivity contribution in [2.75, 3.05) is 26.7 Å². The number of nitro benzene ring substituents is 1. The molecule has 1 rings (SSSR count). The zero-order valence-corrected chi connectivity index (χ0v) is 11.6. The average Bonchev–Trinajstić information content (AvgIpc) is 2.43. The first kappa shape index (κ1) is 16.3. The van der Waals surface area contributed by atoms with Crippen molar-refractivity contribution in [3.05, 3.63) is 39.9 Å². The molecule has 0 heterocycles. The number of ketones is 1. The Hall–Kier alpha value is -1.79. The maximum Gasteiger partial charge on any atom is 0.269 e. The molecule has 1 aromatic carbocycles. The number of non-ortho nitro benzene ring substituents is 1. The number of aliphatic hydroxyl groups excluding tert-OH is 1. The lowest BCUT2D eigenvalue weighted by molar-refractivity contribution is -0.384. The number of nitrogens with zero attached hydrogens (tertiary/aromatic N) is 2. The number of carbonyl (C=O) groups is 1. The SMILES string of the molecule is CN(CCCCCO)CC(=O)c1ccc([N+](=O)[O-])cc1. The van der Waals surface area contributed by atoms with Gasteiger partial charge >= 0.3 is 0 Å². The monoisotopic (exact) mass is 280 g/mol. The second kappa shape index (κ2) is 8.39. The molecule has 20 heavy (non-hydrogen) atoms. The molecular formula is C14H20N2O4. The summed E-state index contributed by atoms with van der Waals surface area (Å²) >= 11 is 0. The third-order valence-electron chi connectivity index (χ3n) is 3.01. The van der Waals surface area contributed by atoms with E-state index in [0.717, 1.165) is 25.8 Å². The molecule has 0 radical (unpaired) electrons. The summed E-state index contributed by atoms with van der Waals surface area (Å²) in [6, 6.07) is 5.66. The Morgan fingerprint density at radius 2 is 1.90 bits per heavy atom. The van der Waals surface area contributed by atoms with Crippen molar-refractivity contribution in [3.8, 4) is 0 Å². The zero-order chi connectivity index (χ0) is 15.0. The molecule has 6 nitrogen and oxygen atoms in total. The van der Waals surface area contributed by atoms with E-state index in [1.807, 2.05) is 11.9 Å². The van der Waals surface area contributed by atoms with Crippen LogP contribution >= 0.6 is 0 Å². The molecule has 0 spiro atoms. The largest absolute Gasteiger partial charge is 0.396 e. The van der Waals surface area contributed by atoms with Gasteiger partial charge in [-0.05, 0) is 45.0 Å². The summed E-state index contributed by atoms with van der Waals surface area (Å²) < 4.78 is 0. The van der Waals surface area contributed by atoms with E-state index < -0.39 is 4.92 Å². The van der Waals surface area contributed by atoms with E-state index in [1.165, 1.54) is 24.3 Å². The topological polar surface area (TPSA) is 83.7 Å². The number of rotatable bonds is 9. The van der Waals surface area contributed by atoms with Gasteiger partial charge in [-0.1, -0.05) is 0 Å². The van der Waals surface area contributed by atoms with Gasteiger partial charge in [0.15, 0.2) is 5.78 Å². The second-order valence-corrected chi connectivity index (χ2v) is 4.75. The third kappa shape index (κ3) is 5.46. The highest BCUT2D eigenvalue weighted by Crippen LogP contribution is 2.12. The predicted molar refractivity (Wildman–Crippen MR) is 75.9 cm³/mol. The number of aliphatic hydroxyl groups is 1. The number of carbonyl (C=O) groups excluding carboxylic acids is 1. The van der Waals surface area contributed by atoms with Crippen LogP contribution in [0.15, 0.2) is 24.3 Å². The summed E-state index contributed by atoms with van der Waals surface area (Å²) in [5, 5.41) is 19.2. The van der Waals surface area contributed by atoms with Crippen molar-refractivity contribution in [2.45, 2.75) is 19.3 Å². The first-order chi connectivity index (χ1) is 9.54. The Morgan fingerprint density at radius 3 is 2.45 bits per heavy atom. The molecule has 1 aromatic rings. The van der Waals surface area contributed by atoms with Crippen LogP contribution < -0.4 is 0 Å². The van der Waals surface area contributed by atoms with Crippen LogP contribution in [0, 0.1) is 10.1 Å². The van der Waals surface area contributed by atoms with Gasteiger partial charge in [-0.3, -0.25) is 19.8 Å². The molecule has 0 atom stereocenters. The minimum absolute atomic E-state index is 0.0149. The Morgan fingerprint density at radius 1 is 1.25 bits per heavy atom. The lowest BCUT2D eigenvalue weighted by Gasteiger charge is -2.15. The molecule has 0 saturated carbocycles. The third-order valence-corrected chi connectivity index (χ3v) is 3.01. The van der Waals surface area contributed by atoms with Crippen LogP contribution in [0.4, 0.5) is 5.69 Å². The molecule has 0 amide bonds. The van der Waals surface area contributed by atoms with Crippen molar-refractivity contribution >= 4 is 11.5 Å². The summed E-state index contributed by atoms with van der Waals surface area (Å²) in [4.78, 5) is 23.9. The molecule has 0 bridgehead atoms. The van der Waals surface area contributed by atoms with Crippen LogP contribution in [0.2, 0.25) is 0 Å². The van der Waals surface area contributed by atoms with Crippen LogP contribution in [-0.2, 0) is 0 Å². The van der Waals surface area contributed by atoms with Gasteiger partial charge in [-0.2, -0.15) is 0 Å². The van der Waals surface area contributed by atoms with E-state index >= 15 is 0 Å². The number of likely N-dealkylation sites (N-methyl/N-ethyl adjacent to an activating group) is 1. The number of hydrogen-bond acceptors (Lipinski definition) is 5. The van der Waals surface area contributed by atoms with Gasteiger partial charge < -0.3 is 5.11 Å². The molecule has 0 fully saturated rings. The fraction of sp³-hybridized carbons (Fsp3) is 0.500. The fourth-order valence-electron chi connectivity index (χ4n) is 1.85. The highest BCUT2D eigenvalue weighted by Gasteiger charge is 2.11. The maximum absolute atomic E-state index is 12.0. The van der Waals surface area contributed by atoms with Gasteiger partial charge in [0.25, 0.3) is 5.69 Å². The summed E-state index contributed by atoms with van der Waals surface area (Å²) in [5.74, 6) is -0.0513. The quantitative estimate of drug-likeness (QED) is 0.323. The molecule has 110 valence electrons. The van der Waals surface area contributed by atoms with Crippen molar-refractivity contribution < 1.29 is 14.8 Å². The van der Waals surface area contributed by atoms with Crippen LogP contribution in [0.5, 0.6) is 0 Å². The summed E-state index contributed by atoms with van der Waals surface area (Å²) in [7, 11) is 1.86. The first-order valence-electron chi connectivity index (χ1n) is 6.61. The van der Waals surface area contributed by atoms with Gasteiger partial charge in [0, 0.05) is 24.3 Å². The molecule has 1 N–H and O–H groups in total. The standard InChI is InChI=1S/C14H20N2O4/c1-15(9-3-2-4-10-17)11-14(18)12-5-7-13(8-6-12)16(19)20/h5-8,17H,2-4,9-11H2,1H3. The van der Waals surface area contributed by atoms with Crippen LogP contribution in [0.1, 0.15) is 29.6 Å². The molecule has 0 aliphatic rings. The summed E-state index contributed by atoms with van der Waals surface area (Å²) in [5.41, 5.74) is 0.469. The smallest absolute Gasteiger partial charge is 0.269 e. The molecule has 6 heteroatoms. The lowest BCUT2D eigenvalue weighted by atomic mass is 10.1. The molecule has 0 aromatic heterocycles. The second-order valence-electron chi connectivity index (χ2n) is 4.75. The van der Waals surface area contributed by atoms with E-state index in [4.69, 9.17) is 5.11 Å². The van der Waals surface area contributed by atoms with Crippen LogP contribution in [-0.4, -0.2) is 47.5 Å². The lowest BCUT2D eigenvalue weighted by Crippen LogP contribution is -2.27. The first-order valence-corrected chi connectivity index (χ1v) is 6.61. The molecule has 0 saturated heterocycles. The van der Waals surface area contributed by atoms with Gasteiger partial charge in [0.2, 0.25) is 0 Å². The number of nitro groups is 1. The van der Waals surface area contributed by atoms with E-state index in [0.29, 0.717) is 5.56 Å². The summed E-state index contributed by atoms with van der Waals surface area (Å²) in [6.45, 7) is 1.28. The van der Waals surface area contributed by atoms with Crippen molar-refractivity contribution in [1.82, 2.24) is 4.90 Å². The molecule has 0 unspecified atom stereocenters. The van der Waals surface area contributed by atoms with Gasteiger partial charge in [-0.15, -0.1) is 0 Å². The predicted octanol–water partition coefficient (Wildman–Crippen LogP) is 1.87. The van der Waals surface area contributed by atoms with E-state index in [2.05, 4.69) is 0 Å². The van der Waals surface area contributed by atoms with Gasteiger partial charge in [0.05, 0.1) is 11.5 Å². The Bertz CT molecular complexity index is 445. The average molecular weight is 280 g/mol. The normalized spacial score (nSPS) is 10.8. The van der Waals surface area contributed by atoms with Gasteiger partial charge in [-0.25, -0.2) is 0 Å². The zero-order valence-electron chi connectivity index (χ0n) is 11.6. The van der Waals surface area contributed by atoms with Crippen molar-refractivity contribution in [2.24, 2.45) is 0 Å². The van der Waals surface area contributed by atoms with Crippen LogP contribution in [0.25, 0.3) is 0 Å². The molecule has 0 aliphatic carbocycles. The minimum Gasteiger partial charge on any atom is -0.396 e. The van der Waals surface area contributed by atoms with E-state index in [9.17, 15) is 14.9 Å². The van der Waals surface area contributed by atoms with Gasteiger partial charge in [0.1, 0.15) is 0 Å². The number of unbranched alkanes of at least 4 members (excludes halogenated alkanes) is 2.